The van der Waals surface area contributed by atoms with Crippen LogP contribution in [0.5, 0.6) is 0 Å². The predicted molar refractivity (Wildman–Crippen MR) is 42.7 cm³/mol. The van der Waals surface area contributed by atoms with E-state index in [4.69, 9.17) is 0 Å². The Labute approximate surface area is 56.8 Å². The zero-order valence-corrected chi connectivity index (χ0v) is 6.04. The molecular formula is C8H13N. The van der Waals surface area contributed by atoms with E-state index in [9.17, 15) is 0 Å². The maximum Gasteiger partial charge on any atom is 0.0264 e. The number of nitrogens with zero attached hydrogens (tertiary/aromatic N) is 1. The average Bonchev–Trinajstić information content (AvgIpc) is 1.89. The molecule has 0 saturated heterocycles. The van der Waals surface area contributed by atoms with Gasteiger partial charge in [-0.1, -0.05) is 19.1 Å². The molecule has 0 atom stereocenters. The van der Waals surface area contributed by atoms with Crippen molar-refractivity contribution in [2.24, 2.45) is 4.99 Å². The minimum atomic E-state index is 1.07. The second kappa shape index (κ2) is 7.15. The zero-order chi connectivity index (χ0) is 6.95. The van der Waals surface area contributed by atoms with Crippen molar-refractivity contribution in [3.8, 4) is 0 Å². The molecular weight excluding hydrogens is 110 g/mol. The van der Waals surface area contributed by atoms with Crippen LogP contribution in [0, 0.1) is 0 Å². The van der Waals surface area contributed by atoms with Gasteiger partial charge in [-0.3, -0.25) is 4.99 Å². The van der Waals surface area contributed by atoms with E-state index in [0.717, 1.165) is 6.42 Å². The summed E-state index contributed by atoms with van der Waals surface area (Å²) in [6, 6.07) is 0. The molecule has 0 heterocycles. The maximum atomic E-state index is 3.94. The van der Waals surface area contributed by atoms with E-state index in [1.165, 1.54) is 0 Å². The van der Waals surface area contributed by atoms with E-state index in [-0.39, 0.29) is 0 Å². The van der Waals surface area contributed by atoms with E-state index in [2.05, 4.69) is 18.0 Å². The smallest absolute Gasteiger partial charge is 0.0264 e. The van der Waals surface area contributed by atoms with Gasteiger partial charge in [-0.2, -0.15) is 0 Å². The molecule has 1 nitrogen and oxygen atoms in total. The number of aliphatic imine (C=N–C) groups is 1. The third-order valence-electron chi connectivity index (χ3n) is 0.779. The first kappa shape index (κ1) is 8.15. The Bertz CT molecular complexity index is 121. The van der Waals surface area contributed by atoms with E-state index in [1.54, 1.807) is 12.4 Å². The van der Waals surface area contributed by atoms with Gasteiger partial charge in [-0.25, -0.2) is 0 Å². The van der Waals surface area contributed by atoms with E-state index < -0.39 is 0 Å². The molecule has 0 spiro atoms. The number of hydrogen-bond acceptors (Lipinski definition) is 1. The highest BCUT2D eigenvalue weighted by atomic mass is 14.6. The normalized spacial score (nSPS) is 12.7. The van der Waals surface area contributed by atoms with Gasteiger partial charge < -0.3 is 0 Å². The van der Waals surface area contributed by atoms with E-state index in [1.807, 2.05) is 19.1 Å². The quantitative estimate of drug-likeness (QED) is 0.511. The van der Waals surface area contributed by atoms with Gasteiger partial charge in [0.1, 0.15) is 0 Å². The van der Waals surface area contributed by atoms with E-state index >= 15 is 0 Å². The molecule has 0 aromatic heterocycles. The lowest BCUT2D eigenvalue weighted by Gasteiger charge is -1.72. The van der Waals surface area contributed by atoms with Crippen molar-refractivity contribution in [3.63, 3.8) is 0 Å². The predicted octanol–water partition coefficient (Wildman–Crippen LogP) is 2.56. The fourth-order valence-electron chi connectivity index (χ4n) is 0.382. The van der Waals surface area contributed by atoms with Crippen molar-refractivity contribution >= 4 is 6.21 Å². The summed E-state index contributed by atoms with van der Waals surface area (Å²) in [7, 11) is 0. The molecule has 0 fully saturated rings. The van der Waals surface area contributed by atoms with Crippen molar-refractivity contribution in [2.45, 2.75) is 20.3 Å². The van der Waals surface area contributed by atoms with Crippen LogP contribution in [-0.4, -0.2) is 6.21 Å². The third-order valence-corrected chi connectivity index (χ3v) is 0.779. The molecule has 1 heteroatoms. The minimum absolute atomic E-state index is 1.07. The molecule has 0 saturated carbocycles. The molecule has 0 aliphatic rings. The first-order chi connectivity index (χ1) is 4.41. The van der Waals surface area contributed by atoms with Gasteiger partial charge in [0.15, 0.2) is 0 Å². The summed E-state index contributed by atoms with van der Waals surface area (Å²) in [6.07, 6.45) is 10.5. The Morgan fingerprint density at radius 1 is 1.44 bits per heavy atom. The van der Waals surface area contributed by atoms with Gasteiger partial charge in [-0.05, 0) is 19.4 Å². The lowest BCUT2D eigenvalue weighted by Crippen LogP contribution is -1.60. The fraction of sp³-hybridized carbons (Fsp3) is 0.375. The first-order valence-electron chi connectivity index (χ1n) is 3.21. The number of allylic oxidation sites excluding steroid dienone is 3. The Morgan fingerprint density at radius 3 is 2.78 bits per heavy atom. The van der Waals surface area contributed by atoms with Crippen LogP contribution in [0.2, 0.25) is 0 Å². The maximum absolute atomic E-state index is 3.94. The van der Waals surface area contributed by atoms with Crippen LogP contribution in [0.4, 0.5) is 0 Å². The molecule has 0 radical (unpaired) electrons. The summed E-state index contributed by atoms with van der Waals surface area (Å²) >= 11 is 0. The average molecular weight is 123 g/mol. The molecule has 0 aromatic carbocycles. The summed E-state index contributed by atoms with van der Waals surface area (Å²) in [5.41, 5.74) is 0. The van der Waals surface area contributed by atoms with Crippen LogP contribution in [0.1, 0.15) is 20.3 Å². The SMILES string of the molecule is C\C=C/N=C/C=C/CC. The van der Waals surface area contributed by atoms with Crippen molar-refractivity contribution in [2.75, 3.05) is 0 Å². The standard InChI is InChI=1S/C8H13N/c1-3-5-6-8-9-7-4-2/h4-8H,3H2,1-2H3/b6-5+,7-4-,9-8+. The molecule has 0 bridgehead atoms. The van der Waals surface area contributed by atoms with Crippen molar-refractivity contribution < 1.29 is 0 Å². The van der Waals surface area contributed by atoms with Gasteiger partial charge in [0.2, 0.25) is 0 Å². The second-order valence-corrected chi connectivity index (χ2v) is 1.62. The lowest BCUT2D eigenvalue weighted by atomic mass is 10.4. The first-order valence-corrected chi connectivity index (χ1v) is 3.21. The monoisotopic (exact) mass is 123 g/mol. The Kier molecular flexibility index (Phi) is 6.47. The van der Waals surface area contributed by atoms with Crippen molar-refractivity contribution in [3.05, 3.63) is 24.4 Å². The van der Waals surface area contributed by atoms with Gasteiger partial charge in [-0.15, -0.1) is 0 Å². The zero-order valence-electron chi connectivity index (χ0n) is 6.04. The van der Waals surface area contributed by atoms with Gasteiger partial charge in [0.05, 0.1) is 0 Å². The fourth-order valence-corrected chi connectivity index (χ4v) is 0.382. The molecule has 50 valence electrons. The molecule has 0 aromatic rings. The lowest BCUT2D eigenvalue weighted by molar-refractivity contribution is 1.23. The highest BCUT2D eigenvalue weighted by Gasteiger charge is 1.60. The molecule has 0 unspecified atom stereocenters. The molecule has 0 rings (SSSR count). The Hall–Kier alpha value is -0.850. The largest absolute Gasteiger partial charge is 0.265 e. The molecule has 9 heavy (non-hydrogen) atoms. The number of rotatable bonds is 3. The molecule has 0 amide bonds. The second-order valence-electron chi connectivity index (χ2n) is 1.62. The van der Waals surface area contributed by atoms with Crippen LogP contribution >= 0.6 is 0 Å². The summed E-state index contributed by atoms with van der Waals surface area (Å²) in [6.45, 7) is 4.04. The van der Waals surface area contributed by atoms with Gasteiger partial charge in [0.25, 0.3) is 0 Å². The highest BCUT2D eigenvalue weighted by Crippen LogP contribution is 1.77. The van der Waals surface area contributed by atoms with Crippen LogP contribution in [-0.2, 0) is 0 Å². The summed E-state index contributed by atoms with van der Waals surface area (Å²) in [5, 5.41) is 0. The van der Waals surface area contributed by atoms with Gasteiger partial charge in [0, 0.05) is 12.4 Å². The summed E-state index contributed by atoms with van der Waals surface area (Å²) in [5.74, 6) is 0. The topological polar surface area (TPSA) is 12.4 Å². The minimum Gasteiger partial charge on any atom is -0.265 e. The number of hydrogen-bond donors (Lipinski definition) is 0. The molecule has 0 aliphatic heterocycles. The Balaban J connectivity index is 3.35. The highest BCUT2D eigenvalue weighted by molar-refractivity contribution is 5.71. The Morgan fingerprint density at radius 2 is 2.22 bits per heavy atom. The van der Waals surface area contributed by atoms with Crippen LogP contribution in [0.15, 0.2) is 29.4 Å². The molecule has 0 aliphatic carbocycles. The summed E-state index contributed by atoms with van der Waals surface area (Å²) in [4.78, 5) is 3.94. The van der Waals surface area contributed by atoms with Crippen molar-refractivity contribution in [1.29, 1.82) is 0 Å². The third kappa shape index (κ3) is 7.15. The van der Waals surface area contributed by atoms with Crippen LogP contribution < -0.4 is 0 Å². The van der Waals surface area contributed by atoms with Crippen molar-refractivity contribution in [1.82, 2.24) is 0 Å². The molecule has 0 N–H and O–H groups in total. The van der Waals surface area contributed by atoms with E-state index in [0.29, 0.717) is 0 Å². The summed E-state index contributed by atoms with van der Waals surface area (Å²) < 4.78 is 0. The van der Waals surface area contributed by atoms with Crippen LogP contribution in [0.3, 0.4) is 0 Å². The van der Waals surface area contributed by atoms with Crippen LogP contribution in [0.25, 0.3) is 0 Å². The van der Waals surface area contributed by atoms with Gasteiger partial charge >= 0.3 is 0 Å².